The average molecular weight is 277 g/mol. The maximum Gasteiger partial charge on any atom is 0.226 e. The number of nitrogens with zero attached hydrogens (tertiary/aromatic N) is 1. The second-order valence-corrected chi connectivity index (χ2v) is 6.32. The van der Waals surface area contributed by atoms with E-state index in [1.807, 2.05) is 29.2 Å². The highest BCUT2D eigenvalue weighted by atomic mass is 32.1. The monoisotopic (exact) mass is 277 g/mol. The molecule has 0 bridgehead atoms. The molecule has 1 aromatic carbocycles. The molecule has 2 nitrogen and oxygen atoms in total. The lowest BCUT2D eigenvalue weighted by atomic mass is 9.86. The minimum Gasteiger partial charge on any atom is -0.342 e. The Hall–Kier alpha value is -0.960. The number of benzene rings is 1. The lowest BCUT2D eigenvalue weighted by Crippen LogP contribution is -2.40. The normalized spacial score (nSPS) is 16.9. The van der Waals surface area contributed by atoms with Crippen LogP contribution in [0.25, 0.3) is 0 Å². The van der Waals surface area contributed by atoms with Crippen LogP contribution in [0.1, 0.15) is 32.3 Å². The number of thiol groups is 1. The standard InChI is InChI=1S/C16H23NOS/c1-12(2)14-7-9-17(10-8-14)16(18)11-13-3-5-15(19)6-4-13/h3-6,12,14,19H,7-11H2,1-2H3. The van der Waals surface area contributed by atoms with E-state index in [0.29, 0.717) is 6.42 Å². The number of carbonyl (C=O) groups excluding carboxylic acids is 1. The molecule has 0 unspecified atom stereocenters. The van der Waals surface area contributed by atoms with Crippen LogP contribution in [0.2, 0.25) is 0 Å². The van der Waals surface area contributed by atoms with Gasteiger partial charge >= 0.3 is 0 Å². The molecule has 0 atom stereocenters. The third kappa shape index (κ3) is 4.00. The largest absolute Gasteiger partial charge is 0.342 e. The Morgan fingerprint density at radius 1 is 1.26 bits per heavy atom. The molecule has 0 N–H and O–H groups in total. The third-order valence-corrected chi connectivity index (χ3v) is 4.42. The molecule has 1 fully saturated rings. The third-order valence-electron chi connectivity index (χ3n) is 4.13. The molecule has 104 valence electrons. The summed E-state index contributed by atoms with van der Waals surface area (Å²) >= 11 is 4.26. The van der Waals surface area contributed by atoms with Gasteiger partial charge in [0.25, 0.3) is 0 Å². The van der Waals surface area contributed by atoms with Crippen molar-refractivity contribution in [2.75, 3.05) is 13.1 Å². The Kier molecular flexibility index (Phi) is 4.92. The van der Waals surface area contributed by atoms with E-state index in [4.69, 9.17) is 0 Å². The summed E-state index contributed by atoms with van der Waals surface area (Å²) in [5, 5.41) is 0. The number of amides is 1. The van der Waals surface area contributed by atoms with Crippen molar-refractivity contribution in [3.63, 3.8) is 0 Å². The molecule has 1 aromatic rings. The second-order valence-electron chi connectivity index (χ2n) is 5.81. The fourth-order valence-electron chi connectivity index (χ4n) is 2.72. The smallest absolute Gasteiger partial charge is 0.226 e. The van der Waals surface area contributed by atoms with Crippen molar-refractivity contribution in [3.05, 3.63) is 29.8 Å². The summed E-state index contributed by atoms with van der Waals surface area (Å²) in [7, 11) is 0. The zero-order valence-electron chi connectivity index (χ0n) is 11.8. The molecule has 1 amide bonds. The molecule has 19 heavy (non-hydrogen) atoms. The summed E-state index contributed by atoms with van der Waals surface area (Å²) in [6.07, 6.45) is 2.82. The molecule has 0 aromatic heterocycles. The van der Waals surface area contributed by atoms with Crippen LogP contribution in [0.3, 0.4) is 0 Å². The predicted octanol–water partition coefficient (Wildman–Crippen LogP) is 3.41. The molecule has 0 spiro atoms. The fourth-order valence-corrected chi connectivity index (χ4v) is 2.86. The van der Waals surface area contributed by atoms with Crippen LogP contribution in [-0.4, -0.2) is 23.9 Å². The van der Waals surface area contributed by atoms with Gasteiger partial charge in [-0.2, -0.15) is 0 Å². The molecule has 1 saturated heterocycles. The van der Waals surface area contributed by atoms with E-state index < -0.39 is 0 Å². The summed E-state index contributed by atoms with van der Waals surface area (Å²) in [5.74, 6) is 1.78. The molecular weight excluding hydrogens is 254 g/mol. The predicted molar refractivity (Wildman–Crippen MR) is 81.5 cm³/mol. The van der Waals surface area contributed by atoms with E-state index in [1.54, 1.807) is 0 Å². The van der Waals surface area contributed by atoms with Gasteiger partial charge < -0.3 is 4.90 Å². The summed E-state index contributed by atoms with van der Waals surface area (Å²) in [6.45, 7) is 6.40. The van der Waals surface area contributed by atoms with Crippen molar-refractivity contribution in [1.82, 2.24) is 4.90 Å². The van der Waals surface area contributed by atoms with Crippen LogP contribution in [0, 0.1) is 11.8 Å². The summed E-state index contributed by atoms with van der Waals surface area (Å²) in [4.78, 5) is 15.2. The van der Waals surface area contributed by atoms with E-state index in [-0.39, 0.29) is 5.91 Å². The Bertz CT molecular complexity index is 419. The number of piperidine rings is 1. The molecule has 0 radical (unpaired) electrons. The second kappa shape index (κ2) is 6.47. The first-order chi connectivity index (χ1) is 9.06. The lowest BCUT2D eigenvalue weighted by Gasteiger charge is -2.34. The zero-order valence-corrected chi connectivity index (χ0v) is 12.7. The van der Waals surface area contributed by atoms with Gasteiger partial charge in [0.05, 0.1) is 6.42 Å². The van der Waals surface area contributed by atoms with Crippen LogP contribution in [0.4, 0.5) is 0 Å². The average Bonchev–Trinajstić information content (AvgIpc) is 2.41. The number of hydrogen-bond acceptors (Lipinski definition) is 2. The van der Waals surface area contributed by atoms with Gasteiger partial charge in [-0.3, -0.25) is 4.79 Å². The van der Waals surface area contributed by atoms with Crippen molar-refractivity contribution >= 4 is 18.5 Å². The zero-order chi connectivity index (χ0) is 13.8. The minimum absolute atomic E-state index is 0.258. The first kappa shape index (κ1) is 14.4. The van der Waals surface area contributed by atoms with Gasteiger partial charge in [-0.25, -0.2) is 0 Å². The van der Waals surface area contributed by atoms with E-state index in [2.05, 4.69) is 26.5 Å². The van der Waals surface area contributed by atoms with Crippen molar-refractivity contribution in [2.45, 2.75) is 38.0 Å². The first-order valence-corrected chi connectivity index (χ1v) is 7.56. The topological polar surface area (TPSA) is 20.3 Å². The Morgan fingerprint density at radius 3 is 2.37 bits per heavy atom. The van der Waals surface area contributed by atoms with E-state index in [0.717, 1.165) is 48.2 Å². The fraction of sp³-hybridized carbons (Fsp3) is 0.562. The van der Waals surface area contributed by atoms with Crippen LogP contribution in [0.5, 0.6) is 0 Å². The van der Waals surface area contributed by atoms with Gasteiger partial charge in [0, 0.05) is 18.0 Å². The van der Waals surface area contributed by atoms with Crippen molar-refractivity contribution < 1.29 is 4.79 Å². The van der Waals surface area contributed by atoms with Crippen LogP contribution >= 0.6 is 12.6 Å². The molecule has 1 aliphatic heterocycles. The maximum atomic E-state index is 12.2. The van der Waals surface area contributed by atoms with Crippen molar-refractivity contribution in [1.29, 1.82) is 0 Å². The van der Waals surface area contributed by atoms with Crippen molar-refractivity contribution in [3.8, 4) is 0 Å². The number of hydrogen-bond donors (Lipinski definition) is 1. The summed E-state index contributed by atoms with van der Waals surface area (Å²) in [5.41, 5.74) is 1.08. The van der Waals surface area contributed by atoms with Gasteiger partial charge in [-0.1, -0.05) is 26.0 Å². The van der Waals surface area contributed by atoms with Gasteiger partial charge in [-0.15, -0.1) is 12.6 Å². The Labute approximate surface area is 121 Å². The molecule has 1 aliphatic rings. The van der Waals surface area contributed by atoms with Gasteiger partial charge in [0.1, 0.15) is 0 Å². The Morgan fingerprint density at radius 2 is 1.84 bits per heavy atom. The SMILES string of the molecule is CC(C)C1CCN(C(=O)Cc2ccc(S)cc2)CC1. The molecule has 1 heterocycles. The highest BCUT2D eigenvalue weighted by molar-refractivity contribution is 7.80. The first-order valence-electron chi connectivity index (χ1n) is 7.12. The van der Waals surface area contributed by atoms with E-state index in [9.17, 15) is 4.79 Å². The summed E-state index contributed by atoms with van der Waals surface area (Å²) in [6, 6.07) is 7.86. The molecular formula is C16H23NOS. The minimum atomic E-state index is 0.258. The van der Waals surface area contributed by atoms with Crippen molar-refractivity contribution in [2.24, 2.45) is 11.8 Å². The van der Waals surface area contributed by atoms with Gasteiger partial charge in [-0.05, 0) is 42.4 Å². The van der Waals surface area contributed by atoms with Crippen LogP contribution < -0.4 is 0 Å². The van der Waals surface area contributed by atoms with Crippen LogP contribution in [-0.2, 0) is 11.2 Å². The Balaban J connectivity index is 1.86. The lowest BCUT2D eigenvalue weighted by molar-refractivity contribution is -0.132. The molecule has 3 heteroatoms. The number of carbonyl (C=O) groups is 1. The number of rotatable bonds is 3. The number of likely N-dealkylation sites (tertiary alicyclic amines) is 1. The molecule has 0 saturated carbocycles. The van der Waals surface area contributed by atoms with E-state index >= 15 is 0 Å². The van der Waals surface area contributed by atoms with Gasteiger partial charge in [0.15, 0.2) is 0 Å². The van der Waals surface area contributed by atoms with Gasteiger partial charge in [0.2, 0.25) is 5.91 Å². The van der Waals surface area contributed by atoms with Crippen LogP contribution in [0.15, 0.2) is 29.2 Å². The highest BCUT2D eigenvalue weighted by Crippen LogP contribution is 2.24. The molecule has 2 rings (SSSR count). The highest BCUT2D eigenvalue weighted by Gasteiger charge is 2.24. The van der Waals surface area contributed by atoms with E-state index in [1.165, 1.54) is 0 Å². The molecule has 0 aliphatic carbocycles. The quantitative estimate of drug-likeness (QED) is 0.840. The maximum absolute atomic E-state index is 12.2. The summed E-state index contributed by atoms with van der Waals surface area (Å²) < 4.78 is 0.